The molecule has 0 amide bonds. The van der Waals surface area contributed by atoms with E-state index in [-0.39, 0.29) is 5.54 Å². The Hall–Kier alpha value is -0.410. The van der Waals surface area contributed by atoms with Crippen molar-refractivity contribution in [1.29, 1.82) is 0 Å². The van der Waals surface area contributed by atoms with Crippen LogP contribution < -0.4 is 5.32 Å². The third kappa shape index (κ3) is 1.92. The fourth-order valence-corrected chi connectivity index (χ4v) is 5.15. The summed E-state index contributed by atoms with van der Waals surface area (Å²) < 4.78 is 0. The molecule has 3 rings (SSSR count). The lowest BCUT2D eigenvalue weighted by Gasteiger charge is -2.32. The highest BCUT2D eigenvalue weighted by molar-refractivity contribution is 7.11. The van der Waals surface area contributed by atoms with Crippen molar-refractivity contribution in [2.45, 2.75) is 64.3 Å². The highest BCUT2D eigenvalue weighted by Crippen LogP contribution is 2.45. The van der Waals surface area contributed by atoms with Crippen LogP contribution in [0.1, 0.15) is 61.5 Å². The Morgan fingerprint density at radius 1 is 1.33 bits per heavy atom. The average Bonchev–Trinajstić information content (AvgIpc) is 2.95. The second kappa shape index (κ2) is 4.93. The number of thiazole rings is 1. The SMILES string of the molecule is CCNC1(c2nc3c(s2)CCCC3)CCCC1C. The largest absolute Gasteiger partial charge is 0.305 e. The second-order valence-electron chi connectivity index (χ2n) is 5.89. The first-order valence-electron chi connectivity index (χ1n) is 7.50. The lowest BCUT2D eigenvalue weighted by Crippen LogP contribution is -2.44. The third-order valence-corrected chi connectivity index (χ3v) is 6.10. The molecule has 0 radical (unpaired) electrons. The molecule has 0 bridgehead atoms. The van der Waals surface area contributed by atoms with Crippen molar-refractivity contribution in [3.05, 3.63) is 15.6 Å². The van der Waals surface area contributed by atoms with Gasteiger partial charge in [0.25, 0.3) is 0 Å². The molecule has 2 aliphatic rings. The van der Waals surface area contributed by atoms with Crippen molar-refractivity contribution in [2.24, 2.45) is 5.92 Å². The monoisotopic (exact) mass is 264 g/mol. The van der Waals surface area contributed by atoms with Gasteiger partial charge < -0.3 is 5.32 Å². The molecule has 1 aromatic heterocycles. The average molecular weight is 264 g/mol. The maximum Gasteiger partial charge on any atom is 0.114 e. The molecule has 1 heterocycles. The van der Waals surface area contributed by atoms with Crippen LogP contribution in [0.3, 0.4) is 0 Å². The molecule has 2 unspecified atom stereocenters. The first-order chi connectivity index (χ1) is 8.76. The smallest absolute Gasteiger partial charge is 0.114 e. The van der Waals surface area contributed by atoms with Gasteiger partial charge in [-0.05, 0) is 51.0 Å². The van der Waals surface area contributed by atoms with E-state index in [2.05, 4.69) is 19.2 Å². The normalized spacial score (nSPS) is 31.6. The Morgan fingerprint density at radius 2 is 2.17 bits per heavy atom. The minimum absolute atomic E-state index is 0.191. The number of aryl methyl sites for hydroxylation is 2. The summed E-state index contributed by atoms with van der Waals surface area (Å²) in [4.78, 5) is 6.61. The Labute approximate surface area is 114 Å². The van der Waals surface area contributed by atoms with E-state index in [0.29, 0.717) is 0 Å². The van der Waals surface area contributed by atoms with Crippen LogP contribution in [0, 0.1) is 5.92 Å². The molecule has 2 atom stereocenters. The zero-order chi connectivity index (χ0) is 12.6. The van der Waals surface area contributed by atoms with Gasteiger partial charge in [-0.2, -0.15) is 0 Å². The van der Waals surface area contributed by atoms with Gasteiger partial charge in [-0.1, -0.05) is 20.3 Å². The van der Waals surface area contributed by atoms with E-state index in [4.69, 9.17) is 4.98 Å². The molecule has 1 aromatic rings. The third-order valence-electron chi connectivity index (χ3n) is 4.77. The molecule has 0 aliphatic heterocycles. The summed E-state index contributed by atoms with van der Waals surface area (Å²) >= 11 is 2.00. The molecule has 3 heteroatoms. The number of fused-ring (bicyclic) bond motifs is 1. The maximum absolute atomic E-state index is 5.03. The maximum atomic E-state index is 5.03. The predicted octanol–water partition coefficient (Wildman–Crippen LogP) is 3.65. The molecule has 2 aliphatic carbocycles. The van der Waals surface area contributed by atoms with Gasteiger partial charge in [-0.25, -0.2) is 4.98 Å². The van der Waals surface area contributed by atoms with Crippen molar-refractivity contribution in [2.75, 3.05) is 6.54 Å². The van der Waals surface area contributed by atoms with E-state index in [1.165, 1.54) is 55.6 Å². The highest BCUT2D eigenvalue weighted by Gasteiger charge is 2.43. The van der Waals surface area contributed by atoms with Gasteiger partial charge in [-0.15, -0.1) is 11.3 Å². The molecule has 0 aromatic carbocycles. The molecular formula is C15H24N2S. The van der Waals surface area contributed by atoms with E-state index in [1.54, 1.807) is 4.88 Å². The molecular weight excluding hydrogens is 240 g/mol. The summed E-state index contributed by atoms with van der Waals surface area (Å²) in [6, 6.07) is 0. The number of nitrogens with one attached hydrogen (secondary N) is 1. The standard InChI is InChI=1S/C15H24N2S/c1-3-16-15(10-6-7-11(15)2)14-17-12-8-4-5-9-13(12)18-14/h11,16H,3-10H2,1-2H3. The van der Waals surface area contributed by atoms with Crippen LogP contribution in [0.4, 0.5) is 0 Å². The van der Waals surface area contributed by atoms with Gasteiger partial charge in [0.2, 0.25) is 0 Å². The number of aromatic nitrogens is 1. The van der Waals surface area contributed by atoms with Crippen LogP contribution >= 0.6 is 11.3 Å². The van der Waals surface area contributed by atoms with Crippen LogP contribution in [-0.2, 0) is 18.4 Å². The molecule has 100 valence electrons. The number of hydrogen-bond acceptors (Lipinski definition) is 3. The lowest BCUT2D eigenvalue weighted by atomic mass is 9.88. The van der Waals surface area contributed by atoms with E-state index in [0.717, 1.165) is 12.5 Å². The molecule has 1 saturated carbocycles. The minimum Gasteiger partial charge on any atom is -0.305 e. The minimum atomic E-state index is 0.191. The summed E-state index contributed by atoms with van der Waals surface area (Å²) in [7, 11) is 0. The fraction of sp³-hybridized carbons (Fsp3) is 0.800. The van der Waals surface area contributed by atoms with E-state index in [9.17, 15) is 0 Å². The Morgan fingerprint density at radius 3 is 2.83 bits per heavy atom. The topological polar surface area (TPSA) is 24.9 Å². The van der Waals surface area contributed by atoms with Crippen molar-refractivity contribution < 1.29 is 0 Å². The lowest BCUT2D eigenvalue weighted by molar-refractivity contribution is 0.267. The van der Waals surface area contributed by atoms with Crippen LogP contribution in [0.25, 0.3) is 0 Å². The Kier molecular flexibility index (Phi) is 3.46. The highest BCUT2D eigenvalue weighted by atomic mass is 32.1. The number of hydrogen-bond donors (Lipinski definition) is 1. The Bertz CT molecular complexity index is 403. The molecule has 0 saturated heterocycles. The van der Waals surface area contributed by atoms with Gasteiger partial charge in [0.05, 0.1) is 11.2 Å². The molecule has 2 nitrogen and oxygen atoms in total. The van der Waals surface area contributed by atoms with Crippen LogP contribution in [0.15, 0.2) is 0 Å². The number of rotatable bonds is 3. The predicted molar refractivity (Wildman–Crippen MR) is 77.1 cm³/mol. The van der Waals surface area contributed by atoms with Crippen LogP contribution in [0.5, 0.6) is 0 Å². The Balaban J connectivity index is 1.97. The quantitative estimate of drug-likeness (QED) is 0.901. The zero-order valence-electron chi connectivity index (χ0n) is 11.6. The van der Waals surface area contributed by atoms with Gasteiger partial charge in [0, 0.05) is 4.88 Å². The van der Waals surface area contributed by atoms with Crippen molar-refractivity contribution >= 4 is 11.3 Å². The van der Waals surface area contributed by atoms with Crippen LogP contribution in [0.2, 0.25) is 0 Å². The summed E-state index contributed by atoms with van der Waals surface area (Å²) in [6.07, 6.45) is 9.13. The fourth-order valence-electron chi connectivity index (χ4n) is 3.69. The molecule has 0 spiro atoms. The number of nitrogens with zero attached hydrogens (tertiary/aromatic N) is 1. The van der Waals surface area contributed by atoms with Gasteiger partial charge in [0.1, 0.15) is 5.01 Å². The van der Waals surface area contributed by atoms with Crippen molar-refractivity contribution in [3.63, 3.8) is 0 Å². The van der Waals surface area contributed by atoms with Crippen molar-refractivity contribution in [1.82, 2.24) is 10.3 Å². The molecule has 1 N–H and O–H groups in total. The molecule has 1 fully saturated rings. The van der Waals surface area contributed by atoms with Crippen LogP contribution in [-0.4, -0.2) is 11.5 Å². The summed E-state index contributed by atoms with van der Waals surface area (Å²) in [5, 5.41) is 5.17. The van der Waals surface area contributed by atoms with E-state index >= 15 is 0 Å². The first kappa shape index (κ1) is 12.6. The zero-order valence-corrected chi connectivity index (χ0v) is 12.4. The van der Waals surface area contributed by atoms with Gasteiger partial charge >= 0.3 is 0 Å². The molecule has 18 heavy (non-hydrogen) atoms. The summed E-state index contributed by atoms with van der Waals surface area (Å²) in [5.74, 6) is 0.727. The van der Waals surface area contributed by atoms with E-state index < -0.39 is 0 Å². The van der Waals surface area contributed by atoms with Gasteiger partial charge in [-0.3, -0.25) is 0 Å². The summed E-state index contributed by atoms with van der Waals surface area (Å²) in [5.41, 5.74) is 1.61. The summed E-state index contributed by atoms with van der Waals surface area (Å²) in [6.45, 7) is 5.67. The van der Waals surface area contributed by atoms with Gasteiger partial charge in [0.15, 0.2) is 0 Å². The first-order valence-corrected chi connectivity index (χ1v) is 8.32. The van der Waals surface area contributed by atoms with Crippen molar-refractivity contribution in [3.8, 4) is 0 Å². The van der Waals surface area contributed by atoms with E-state index in [1.807, 2.05) is 11.3 Å². The second-order valence-corrected chi connectivity index (χ2v) is 6.97.